The van der Waals surface area contributed by atoms with E-state index in [1.54, 1.807) is 12.4 Å². The summed E-state index contributed by atoms with van der Waals surface area (Å²) in [5.74, 6) is 0.770. The minimum Gasteiger partial charge on any atom is -0.345 e. The zero-order valence-corrected chi connectivity index (χ0v) is 16.2. The SMILES string of the molecule is Cc1ccc(NC(=S)N2CCN(c3ncc(Br)cn3)CC2)c(C)c1. The second kappa shape index (κ2) is 7.44. The van der Waals surface area contributed by atoms with Gasteiger partial charge < -0.3 is 15.1 Å². The molecule has 1 aliphatic heterocycles. The van der Waals surface area contributed by atoms with Crippen molar-refractivity contribution in [1.82, 2.24) is 14.9 Å². The Morgan fingerprint density at radius 2 is 1.79 bits per heavy atom. The normalized spacial score (nSPS) is 14.6. The molecule has 0 saturated carbocycles. The van der Waals surface area contributed by atoms with E-state index in [0.29, 0.717) is 0 Å². The van der Waals surface area contributed by atoms with Crippen molar-refractivity contribution in [3.05, 3.63) is 46.2 Å². The average Bonchev–Trinajstić information content (AvgIpc) is 2.58. The Labute approximate surface area is 156 Å². The second-order valence-corrected chi connectivity index (χ2v) is 7.23. The third kappa shape index (κ3) is 4.02. The van der Waals surface area contributed by atoms with E-state index in [1.807, 2.05) is 0 Å². The van der Waals surface area contributed by atoms with E-state index in [2.05, 4.69) is 73.1 Å². The fourth-order valence-corrected chi connectivity index (χ4v) is 3.22. The molecule has 0 radical (unpaired) electrons. The highest BCUT2D eigenvalue weighted by Crippen LogP contribution is 2.18. The van der Waals surface area contributed by atoms with Gasteiger partial charge >= 0.3 is 0 Å². The van der Waals surface area contributed by atoms with Gasteiger partial charge in [0.15, 0.2) is 5.11 Å². The van der Waals surface area contributed by atoms with Gasteiger partial charge in [-0.1, -0.05) is 17.7 Å². The molecule has 24 heavy (non-hydrogen) atoms. The number of aryl methyl sites for hydroxylation is 2. The number of halogens is 1. The molecule has 0 atom stereocenters. The average molecular weight is 406 g/mol. The van der Waals surface area contributed by atoms with Crippen LogP contribution in [0, 0.1) is 13.8 Å². The quantitative estimate of drug-likeness (QED) is 0.772. The lowest BCUT2D eigenvalue weighted by molar-refractivity contribution is 0.388. The van der Waals surface area contributed by atoms with Crippen molar-refractivity contribution in [3.63, 3.8) is 0 Å². The maximum Gasteiger partial charge on any atom is 0.225 e. The molecule has 7 heteroatoms. The maximum atomic E-state index is 5.58. The van der Waals surface area contributed by atoms with Crippen LogP contribution in [0.4, 0.5) is 11.6 Å². The molecule has 1 aromatic carbocycles. The van der Waals surface area contributed by atoms with Gasteiger partial charge in [0.1, 0.15) is 0 Å². The van der Waals surface area contributed by atoms with Crippen molar-refractivity contribution in [2.45, 2.75) is 13.8 Å². The van der Waals surface area contributed by atoms with E-state index in [0.717, 1.165) is 47.4 Å². The summed E-state index contributed by atoms with van der Waals surface area (Å²) in [4.78, 5) is 13.1. The summed E-state index contributed by atoms with van der Waals surface area (Å²) < 4.78 is 0.892. The molecule has 0 bridgehead atoms. The van der Waals surface area contributed by atoms with Crippen LogP contribution in [-0.4, -0.2) is 46.2 Å². The number of nitrogens with zero attached hydrogens (tertiary/aromatic N) is 4. The number of thiocarbonyl (C=S) groups is 1. The molecule has 1 aliphatic rings. The Kier molecular flexibility index (Phi) is 5.30. The van der Waals surface area contributed by atoms with E-state index < -0.39 is 0 Å². The second-order valence-electron chi connectivity index (χ2n) is 5.92. The predicted molar refractivity (Wildman–Crippen MR) is 106 cm³/mol. The van der Waals surface area contributed by atoms with Gasteiger partial charge in [-0.2, -0.15) is 0 Å². The summed E-state index contributed by atoms with van der Waals surface area (Å²) in [7, 11) is 0. The van der Waals surface area contributed by atoms with Gasteiger partial charge in [0.2, 0.25) is 5.95 Å². The first-order chi connectivity index (χ1) is 11.5. The number of hydrogen-bond acceptors (Lipinski definition) is 4. The number of benzene rings is 1. The highest BCUT2D eigenvalue weighted by Gasteiger charge is 2.20. The molecule has 1 N–H and O–H groups in total. The Morgan fingerprint density at radius 3 is 2.42 bits per heavy atom. The molecular formula is C17H20BrN5S. The van der Waals surface area contributed by atoms with E-state index in [9.17, 15) is 0 Å². The molecular weight excluding hydrogens is 386 g/mol. The molecule has 0 spiro atoms. The predicted octanol–water partition coefficient (Wildman–Crippen LogP) is 3.37. The van der Waals surface area contributed by atoms with Crippen molar-refractivity contribution < 1.29 is 0 Å². The van der Waals surface area contributed by atoms with Crippen LogP contribution in [0.15, 0.2) is 35.1 Å². The fourth-order valence-electron chi connectivity index (χ4n) is 2.73. The van der Waals surface area contributed by atoms with Gasteiger partial charge in [-0.05, 0) is 53.6 Å². The molecule has 1 aromatic heterocycles. The van der Waals surface area contributed by atoms with E-state index in [4.69, 9.17) is 12.2 Å². The lowest BCUT2D eigenvalue weighted by atomic mass is 10.1. The van der Waals surface area contributed by atoms with Gasteiger partial charge in [0.25, 0.3) is 0 Å². The van der Waals surface area contributed by atoms with Crippen LogP contribution >= 0.6 is 28.1 Å². The number of rotatable bonds is 2. The van der Waals surface area contributed by atoms with Crippen LogP contribution in [0.1, 0.15) is 11.1 Å². The molecule has 126 valence electrons. The number of piperazine rings is 1. The standard InChI is InChI=1S/C17H20BrN5S/c1-12-3-4-15(13(2)9-12)21-17(24)23-7-5-22(6-8-23)16-19-10-14(18)11-20-16/h3-4,9-11H,5-8H2,1-2H3,(H,21,24). The molecule has 0 aliphatic carbocycles. The first-order valence-electron chi connectivity index (χ1n) is 7.88. The minimum absolute atomic E-state index is 0.770. The molecule has 2 heterocycles. The number of anilines is 2. The van der Waals surface area contributed by atoms with Crippen LogP contribution in [-0.2, 0) is 0 Å². The third-order valence-electron chi connectivity index (χ3n) is 4.08. The van der Waals surface area contributed by atoms with Gasteiger partial charge in [0.05, 0.1) is 4.47 Å². The summed E-state index contributed by atoms with van der Waals surface area (Å²) in [6.45, 7) is 7.62. The van der Waals surface area contributed by atoms with E-state index >= 15 is 0 Å². The van der Waals surface area contributed by atoms with Gasteiger partial charge in [-0.25, -0.2) is 9.97 Å². The van der Waals surface area contributed by atoms with Gasteiger partial charge in [-0.3, -0.25) is 0 Å². The van der Waals surface area contributed by atoms with Crippen LogP contribution in [0.25, 0.3) is 0 Å². The minimum atomic E-state index is 0.770. The van der Waals surface area contributed by atoms with Crippen LogP contribution in [0.2, 0.25) is 0 Å². The summed E-state index contributed by atoms with van der Waals surface area (Å²) in [6, 6.07) is 6.34. The van der Waals surface area contributed by atoms with Gasteiger partial charge in [0, 0.05) is 44.3 Å². The van der Waals surface area contributed by atoms with E-state index in [-0.39, 0.29) is 0 Å². The number of nitrogens with one attached hydrogen (secondary N) is 1. The molecule has 3 rings (SSSR count). The lowest BCUT2D eigenvalue weighted by Gasteiger charge is -2.36. The van der Waals surface area contributed by atoms with Crippen LogP contribution in [0.3, 0.4) is 0 Å². The van der Waals surface area contributed by atoms with Crippen molar-refractivity contribution in [2.24, 2.45) is 0 Å². The summed E-state index contributed by atoms with van der Waals surface area (Å²) in [5, 5.41) is 4.15. The third-order valence-corrected chi connectivity index (χ3v) is 4.85. The Morgan fingerprint density at radius 1 is 1.12 bits per heavy atom. The molecule has 2 aromatic rings. The summed E-state index contributed by atoms with van der Waals surface area (Å²) in [5.41, 5.74) is 3.54. The van der Waals surface area contributed by atoms with Crippen molar-refractivity contribution in [3.8, 4) is 0 Å². The van der Waals surface area contributed by atoms with Crippen molar-refractivity contribution >= 4 is 44.9 Å². The number of aromatic nitrogens is 2. The van der Waals surface area contributed by atoms with E-state index in [1.165, 1.54) is 11.1 Å². The monoisotopic (exact) mass is 405 g/mol. The zero-order chi connectivity index (χ0) is 17.1. The fraction of sp³-hybridized carbons (Fsp3) is 0.353. The first kappa shape index (κ1) is 17.1. The van der Waals surface area contributed by atoms with Gasteiger partial charge in [-0.15, -0.1) is 0 Å². The molecule has 1 fully saturated rings. The zero-order valence-electron chi connectivity index (χ0n) is 13.8. The Bertz CT molecular complexity index is 726. The molecule has 0 unspecified atom stereocenters. The highest BCUT2D eigenvalue weighted by atomic mass is 79.9. The Balaban J connectivity index is 1.58. The largest absolute Gasteiger partial charge is 0.345 e. The first-order valence-corrected chi connectivity index (χ1v) is 9.09. The van der Waals surface area contributed by atoms with Crippen LogP contribution < -0.4 is 10.2 Å². The lowest BCUT2D eigenvalue weighted by Crippen LogP contribution is -2.50. The Hall–Kier alpha value is -1.73. The topological polar surface area (TPSA) is 44.3 Å². The smallest absolute Gasteiger partial charge is 0.225 e. The van der Waals surface area contributed by atoms with Crippen molar-refractivity contribution in [1.29, 1.82) is 0 Å². The molecule has 0 amide bonds. The summed E-state index contributed by atoms with van der Waals surface area (Å²) in [6.07, 6.45) is 3.56. The van der Waals surface area contributed by atoms with Crippen LogP contribution in [0.5, 0.6) is 0 Å². The highest BCUT2D eigenvalue weighted by molar-refractivity contribution is 9.10. The van der Waals surface area contributed by atoms with Crippen molar-refractivity contribution in [2.75, 3.05) is 36.4 Å². The molecule has 1 saturated heterocycles. The maximum absolute atomic E-state index is 5.58. The molecule has 5 nitrogen and oxygen atoms in total. The number of hydrogen-bond donors (Lipinski definition) is 1. The summed E-state index contributed by atoms with van der Waals surface area (Å²) >= 11 is 8.94.